The van der Waals surface area contributed by atoms with Gasteiger partial charge >= 0.3 is 5.97 Å². The van der Waals surface area contributed by atoms with E-state index in [0.717, 1.165) is 33.4 Å². The molecule has 0 aliphatic carbocycles. The smallest absolute Gasteiger partial charge is 0.328 e. The van der Waals surface area contributed by atoms with E-state index in [1.807, 2.05) is 48.5 Å². The van der Waals surface area contributed by atoms with Crippen LogP contribution >= 0.6 is 23.2 Å². The number of pyridine rings is 1. The lowest BCUT2D eigenvalue weighted by atomic mass is 9.91. The summed E-state index contributed by atoms with van der Waals surface area (Å²) in [6.45, 7) is 0.344. The van der Waals surface area contributed by atoms with E-state index in [1.54, 1.807) is 85.2 Å². The van der Waals surface area contributed by atoms with Crippen LogP contribution in [0.4, 0.5) is 5.69 Å². The number of esters is 1. The van der Waals surface area contributed by atoms with Crippen molar-refractivity contribution in [1.82, 2.24) is 15.2 Å². The summed E-state index contributed by atoms with van der Waals surface area (Å²) in [6, 6.07) is 34.1. The zero-order valence-corrected chi connectivity index (χ0v) is 33.8. The summed E-state index contributed by atoms with van der Waals surface area (Å²) in [5.41, 5.74) is 6.60. The first kappa shape index (κ1) is 40.1. The Morgan fingerprint density at radius 3 is 2.28 bits per heavy atom. The fourth-order valence-corrected chi connectivity index (χ4v) is 7.68. The van der Waals surface area contributed by atoms with Crippen LogP contribution in [0.2, 0.25) is 10.0 Å². The van der Waals surface area contributed by atoms with Crippen molar-refractivity contribution in [2.75, 3.05) is 12.4 Å². The van der Waals surface area contributed by atoms with Gasteiger partial charge in [0.2, 0.25) is 12.0 Å². The second kappa shape index (κ2) is 17.7. The van der Waals surface area contributed by atoms with Gasteiger partial charge in [-0.25, -0.2) is 4.79 Å². The van der Waals surface area contributed by atoms with Crippen LogP contribution in [-0.4, -0.2) is 52.8 Å². The lowest BCUT2D eigenvalue weighted by Gasteiger charge is -2.38. The third-order valence-corrected chi connectivity index (χ3v) is 11.3. The van der Waals surface area contributed by atoms with E-state index in [0.29, 0.717) is 38.4 Å². The Balaban J connectivity index is 1.01. The highest BCUT2D eigenvalue weighted by Crippen LogP contribution is 2.40. The maximum Gasteiger partial charge on any atom is 0.328 e. The molecule has 3 unspecified atom stereocenters. The van der Waals surface area contributed by atoms with Gasteiger partial charge in [-0.3, -0.25) is 19.4 Å². The Morgan fingerprint density at radius 2 is 1.57 bits per heavy atom. The van der Waals surface area contributed by atoms with Crippen LogP contribution in [0.5, 0.6) is 11.5 Å². The molecule has 3 atom stereocenters. The number of methoxy groups -OCH3 is 1. The van der Waals surface area contributed by atoms with Gasteiger partial charge in [0.05, 0.1) is 22.8 Å². The van der Waals surface area contributed by atoms with Crippen molar-refractivity contribution < 1.29 is 33.4 Å². The van der Waals surface area contributed by atoms with E-state index in [9.17, 15) is 19.2 Å². The molecule has 5 aromatic carbocycles. The van der Waals surface area contributed by atoms with Crippen LogP contribution in [0.15, 0.2) is 134 Å². The zero-order valence-electron chi connectivity index (χ0n) is 32.3. The molecule has 2 aliphatic heterocycles. The van der Waals surface area contributed by atoms with Gasteiger partial charge in [-0.05, 0) is 94.0 Å². The van der Waals surface area contributed by atoms with Gasteiger partial charge in [0.1, 0.15) is 30.2 Å². The van der Waals surface area contributed by atoms with Crippen LogP contribution in [0.25, 0.3) is 11.1 Å². The van der Waals surface area contributed by atoms with Crippen LogP contribution in [0.1, 0.15) is 44.3 Å². The normalized spacial score (nSPS) is 16.0. The van der Waals surface area contributed by atoms with E-state index in [4.69, 9.17) is 37.4 Å². The number of halogens is 2. The first-order chi connectivity index (χ1) is 29.1. The van der Waals surface area contributed by atoms with Gasteiger partial charge in [-0.15, -0.1) is 0 Å². The molecule has 3 amide bonds. The highest BCUT2D eigenvalue weighted by molar-refractivity contribution is 6.42. The molecule has 0 saturated heterocycles. The minimum atomic E-state index is -1.03. The second-order valence-corrected chi connectivity index (χ2v) is 15.3. The minimum Gasteiger partial charge on any atom is -0.489 e. The van der Waals surface area contributed by atoms with Gasteiger partial charge in [0.15, 0.2) is 0 Å². The highest BCUT2D eigenvalue weighted by Gasteiger charge is 2.39. The van der Waals surface area contributed by atoms with Crippen molar-refractivity contribution >= 4 is 52.6 Å². The standard InChI is InChI=1S/C47H38Cl2N4O7/c1-58-47(57)40(22-28-7-10-30(11-8-28)31-17-19-50-20-18-31)52-44(54)41-24-34-23-39-42(25-35(34)26-53(41)46(56)33-5-3-2-4-6-33)60-43(45(55)51-39)32-12-14-36(15-13-32)59-27-29-9-16-37(48)38(49)21-29/h2-21,23,25,40-41,43H,22,24,26-27H2,1H3,(H,51,55)(H,52,54). The van der Waals surface area contributed by atoms with Gasteiger partial charge in [0.25, 0.3) is 11.8 Å². The molecule has 60 heavy (non-hydrogen) atoms. The number of ether oxygens (including phenoxy) is 3. The van der Waals surface area contributed by atoms with E-state index >= 15 is 0 Å². The van der Waals surface area contributed by atoms with Crippen LogP contribution < -0.4 is 20.1 Å². The number of aromatic nitrogens is 1. The SMILES string of the molecule is COC(=O)C(Cc1ccc(-c2ccncc2)cc1)NC(=O)C1Cc2cc3c(cc2CN1C(=O)c1ccccc1)OC(c1ccc(OCc2ccc(Cl)c(Cl)c2)cc1)C(=O)N3. The Hall–Kier alpha value is -6.69. The molecule has 0 bridgehead atoms. The molecule has 2 N–H and O–H groups in total. The fourth-order valence-electron chi connectivity index (χ4n) is 7.36. The van der Waals surface area contributed by atoms with Crippen LogP contribution in [0.3, 0.4) is 0 Å². The van der Waals surface area contributed by atoms with Gasteiger partial charge in [-0.2, -0.15) is 0 Å². The molecule has 6 aromatic rings. The Kier molecular flexibility index (Phi) is 11.8. The third kappa shape index (κ3) is 8.83. The number of benzene rings is 5. The molecule has 1 aromatic heterocycles. The Bertz CT molecular complexity index is 2560. The molecule has 302 valence electrons. The molecule has 2 aliphatic rings. The van der Waals surface area contributed by atoms with Crippen LogP contribution in [-0.2, 0) is 45.1 Å². The number of hydrogen-bond donors (Lipinski definition) is 2. The van der Waals surface area contributed by atoms with Gasteiger partial charge in [-0.1, -0.05) is 83.9 Å². The number of amides is 3. The molecule has 13 heteroatoms. The first-order valence-corrected chi connectivity index (χ1v) is 19.9. The zero-order chi connectivity index (χ0) is 41.8. The number of carbonyl (C=O) groups is 4. The number of carbonyl (C=O) groups excluding carboxylic acids is 4. The minimum absolute atomic E-state index is 0.0701. The second-order valence-electron chi connectivity index (χ2n) is 14.5. The van der Waals surface area contributed by atoms with Gasteiger partial charge in [0, 0.05) is 42.9 Å². The highest BCUT2D eigenvalue weighted by atomic mass is 35.5. The van der Waals surface area contributed by atoms with Crippen molar-refractivity contribution in [2.45, 2.75) is 44.2 Å². The predicted molar refractivity (Wildman–Crippen MR) is 227 cm³/mol. The summed E-state index contributed by atoms with van der Waals surface area (Å²) in [5.74, 6) is -0.842. The average molecular weight is 842 g/mol. The predicted octanol–water partition coefficient (Wildman–Crippen LogP) is 8.17. The molecular formula is C47H38Cl2N4O7. The van der Waals surface area contributed by atoms with Gasteiger partial charge < -0.3 is 29.7 Å². The summed E-state index contributed by atoms with van der Waals surface area (Å²) in [5, 5.41) is 6.76. The Labute approximate surface area is 356 Å². The van der Waals surface area contributed by atoms with E-state index in [2.05, 4.69) is 15.6 Å². The number of nitrogens with one attached hydrogen (secondary N) is 2. The van der Waals surface area contributed by atoms with Crippen molar-refractivity contribution in [3.8, 4) is 22.6 Å². The summed E-state index contributed by atoms with van der Waals surface area (Å²) in [7, 11) is 1.27. The maximum atomic E-state index is 14.3. The number of fused-ring (bicyclic) bond motifs is 2. The first-order valence-electron chi connectivity index (χ1n) is 19.2. The van der Waals surface area contributed by atoms with E-state index in [1.165, 1.54) is 12.0 Å². The monoisotopic (exact) mass is 840 g/mol. The largest absolute Gasteiger partial charge is 0.489 e. The summed E-state index contributed by atoms with van der Waals surface area (Å²) >= 11 is 12.2. The molecule has 11 nitrogen and oxygen atoms in total. The quantitative estimate of drug-likeness (QED) is 0.125. The van der Waals surface area contributed by atoms with Crippen LogP contribution in [0, 0.1) is 0 Å². The van der Waals surface area contributed by atoms with Crippen molar-refractivity contribution in [1.29, 1.82) is 0 Å². The topological polar surface area (TPSA) is 136 Å². The lowest BCUT2D eigenvalue weighted by Crippen LogP contribution is -2.56. The molecule has 8 rings (SSSR count). The van der Waals surface area contributed by atoms with Crippen molar-refractivity contribution in [2.24, 2.45) is 0 Å². The van der Waals surface area contributed by atoms with Crippen molar-refractivity contribution in [3.63, 3.8) is 0 Å². The molecule has 0 saturated carbocycles. The van der Waals surface area contributed by atoms with E-state index < -0.39 is 30.1 Å². The number of anilines is 1. The lowest BCUT2D eigenvalue weighted by molar-refractivity contribution is -0.145. The summed E-state index contributed by atoms with van der Waals surface area (Å²) in [6.07, 6.45) is 2.76. The Morgan fingerprint density at radius 1 is 0.850 bits per heavy atom. The van der Waals surface area contributed by atoms with E-state index in [-0.39, 0.29) is 37.8 Å². The molecule has 3 heterocycles. The fraction of sp³-hybridized carbons (Fsp3) is 0.170. The molecule has 0 radical (unpaired) electrons. The molecule has 0 fully saturated rings. The molecular weight excluding hydrogens is 803 g/mol. The maximum absolute atomic E-state index is 14.3. The third-order valence-electron chi connectivity index (χ3n) is 10.5. The summed E-state index contributed by atoms with van der Waals surface area (Å²) in [4.78, 5) is 60.6. The summed E-state index contributed by atoms with van der Waals surface area (Å²) < 4.78 is 17.3. The molecule has 0 spiro atoms. The average Bonchev–Trinajstić information content (AvgIpc) is 3.28. The number of rotatable bonds is 11. The number of hydrogen-bond acceptors (Lipinski definition) is 8. The van der Waals surface area contributed by atoms with Crippen molar-refractivity contribution in [3.05, 3.63) is 177 Å². The number of nitrogens with zero attached hydrogens (tertiary/aromatic N) is 2.